The van der Waals surface area contributed by atoms with Gasteiger partial charge >= 0.3 is 5.97 Å². The van der Waals surface area contributed by atoms with Crippen LogP contribution in [0.25, 0.3) is 28.4 Å². The standard InChI is InChI=1S/C54H66O32/c1-17-32(62)47(84-51-40(70)37(67)33(63)27(14-55)80-51)43(73)54(76-17)78-22-12-25(60)31-26(13-22)79-46(20-6-9-23(58)24(59)11-20)48(36(31)66)85-53-42(72)39(69)35(65)29(82-53)16-75-50-44(74)49(86-52-41(71)38(68)34(64)28(15-56)81-52)45(18(2)77-50)83-30(61)10-5-19-3-7-21(57)8-4-19/h3-13,17-18,27-29,32-35,37-45,47,49-60,62-65,67-74H,14-16H2,1-2H3/b10-5+/t17-,18-,27+,28+,29+,32-,33+,34+,35-,37?,38-,39-,40+,41+,42+,43+,44+,45-,47+,49-,50+,51-,52-,53-,54-/m0/s1. The maximum absolute atomic E-state index is 14.6. The van der Waals surface area contributed by atoms with Gasteiger partial charge in [0.15, 0.2) is 42.2 Å². The van der Waals surface area contributed by atoms with Crippen LogP contribution < -0.4 is 14.9 Å². The minimum atomic E-state index is -2.22. The fourth-order valence-corrected chi connectivity index (χ4v) is 10.2. The van der Waals surface area contributed by atoms with Gasteiger partial charge in [0.2, 0.25) is 23.8 Å². The summed E-state index contributed by atoms with van der Waals surface area (Å²) >= 11 is 0. The number of carbonyl (C=O) groups is 1. The van der Waals surface area contributed by atoms with Crippen molar-refractivity contribution in [3.63, 3.8) is 0 Å². The van der Waals surface area contributed by atoms with Crippen LogP contribution in [0.4, 0.5) is 0 Å². The van der Waals surface area contributed by atoms with Gasteiger partial charge in [-0.3, -0.25) is 4.79 Å². The van der Waals surface area contributed by atoms with E-state index in [1.807, 2.05) is 0 Å². The van der Waals surface area contributed by atoms with Gasteiger partial charge in [0, 0.05) is 23.8 Å². The number of phenols is 4. The summed E-state index contributed by atoms with van der Waals surface area (Å²) in [4.78, 5) is 27.8. The van der Waals surface area contributed by atoms with E-state index in [1.54, 1.807) is 0 Å². The number of carbonyl (C=O) groups excluding carboxylic acids is 1. The Morgan fingerprint density at radius 3 is 1.67 bits per heavy atom. The van der Waals surface area contributed by atoms with Crippen molar-refractivity contribution in [1.82, 2.24) is 0 Å². The minimum absolute atomic E-state index is 0.0466. The molecule has 0 radical (unpaired) electrons. The summed E-state index contributed by atoms with van der Waals surface area (Å²) in [5.41, 5.74) is -1.49. The third-order valence-corrected chi connectivity index (χ3v) is 15.1. The van der Waals surface area contributed by atoms with Gasteiger partial charge in [-0.15, -0.1) is 0 Å². The van der Waals surface area contributed by atoms with Gasteiger partial charge < -0.3 is 148 Å². The predicted molar refractivity (Wildman–Crippen MR) is 278 cm³/mol. The first-order valence-corrected chi connectivity index (χ1v) is 26.8. The Labute approximate surface area is 484 Å². The van der Waals surface area contributed by atoms with Crippen molar-refractivity contribution >= 4 is 23.0 Å². The van der Waals surface area contributed by atoms with Gasteiger partial charge in [0.1, 0.15) is 132 Å². The van der Waals surface area contributed by atoms with Crippen molar-refractivity contribution in [2.75, 3.05) is 19.8 Å². The minimum Gasteiger partial charge on any atom is -0.508 e. The normalized spacial score (nSPS) is 38.6. The van der Waals surface area contributed by atoms with E-state index in [9.17, 15) is 102 Å². The first-order chi connectivity index (χ1) is 40.8. The first kappa shape index (κ1) is 64.5. The maximum Gasteiger partial charge on any atom is 0.331 e. The van der Waals surface area contributed by atoms with Crippen molar-refractivity contribution in [2.45, 2.75) is 167 Å². The van der Waals surface area contributed by atoms with E-state index in [0.29, 0.717) is 5.56 Å². The average Bonchev–Trinajstić information content (AvgIpc) is 1.14. The lowest BCUT2D eigenvalue weighted by Gasteiger charge is -2.46. The van der Waals surface area contributed by atoms with Crippen LogP contribution in [0, 0.1) is 0 Å². The second-order valence-corrected chi connectivity index (χ2v) is 21.0. The largest absolute Gasteiger partial charge is 0.508 e. The van der Waals surface area contributed by atoms with Crippen molar-refractivity contribution in [2.24, 2.45) is 0 Å². The highest BCUT2D eigenvalue weighted by molar-refractivity contribution is 5.89. The number of hydrogen-bond donors (Lipinski definition) is 18. The van der Waals surface area contributed by atoms with Gasteiger partial charge in [-0.1, -0.05) is 12.1 Å². The number of phenolic OH excluding ortho intramolecular Hbond substituents is 4. The van der Waals surface area contributed by atoms with E-state index >= 15 is 0 Å². The molecule has 86 heavy (non-hydrogen) atoms. The Morgan fingerprint density at radius 1 is 0.523 bits per heavy atom. The quantitative estimate of drug-likeness (QED) is 0.0266. The second kappa shape index (κ2) is 26.8. The number of aliphatic hydroxyl groups excluding tert-OH is 14. The second-order valence-electron chi connectivity index (χ2n) is 21.0. The van der Waals surface area contributed by atoms with Crippen LogP contribution in [-0.2, 0) is 47.4 Å². The molecule has 9 rings (SSSR count). The van der Waals surface area contributed by atoms with Gasteiger partial charge in [-0.25, -0.2) is 4.79 Å². The van der Waals surface area contributed by atoms with Crippen molar-refractivity contribution < 1.29 is 153 Å². The number of hydrogen-bond acceptors (Lipinski definition) is 32. The van der Waals surface area contributed by atoms with Gasteiger partial charge in [0.05, 0.1) is 32.0 Å². The summed E-state index contributed by atoms with van der Waals surface area (Å²) in [5.74, 6) is -5.25. The molecule has 3 aromatic carbocycles. The molecular formula is C54H66O32. The number of rotatable bonds is 17. The highest BCUT2D eigenvalue weighted by Gasteiger charge is 2.54. The Balaban J connectivity index is 0.957. The van der Waals surface area contributed by atoms with E-state index in [4.69, 9.17) is 56.5 Å². The summed E-state index contributed by atoms with van der Waals surface area (Å²) < 4.78 is 69.3. The number of ether oxygens (including phenoxy) is 11. The van der Waals surface area contributed by atoms with Crippen LogP contribution in [0.3, 0.4) is 0 Å². The molecule has 5 aliphatic rings. The molecule has 5 aliphatic heterocycles. The lowest BCUT2D eigenvalue weighted by Crippen LogP contribution is -2.65. The van der Waals surface area contributed by atoms with E-state index in [-0.39, 0.29) is 17.1 Å². The van der Waals surface area contributed by atoms with Gasteiger partial charge in [0.25, 0.3) is 0 Å². The van der Waals surface area contributed by atoms with Gasteiger partial charge in [-0.2, -0.15) is 0 Å². The molecule has 0 amide bonds. The zero-order valence-corrected chi connectivity index (χ0v) is 45.2. The fourth-order valence-electron chi connectivity index (χ4n) is 10.2. The molecule has 32 nitrogen and oxygen atoms in total. The number of aliphatic hydroxyl groups is 14. The number of esters is 1. The molecule has 0 saturated carbocycles. The van der Waals surface area contributed by atoms with Gasteiger partial charge in [-0.05, 0) is 55.8 Å². The maximum atomic E-state index is 14.6. The van der Waals surface area contributed by atoms with Crippen molar-refractivity contribution in [3.05, 3.63) is 76.5 Å². The fraction of sp³-hybridized carbons (Fsp3) is 0.556. The van der Waals surface area contributed by atoms with Crippen molar-refractivity contribution in [1.29, 1.82) is 0 Å². The van der Waals surface area contributed by atoms with Crippen molar-refractivity contribution in [3.8, 4) is 45.8 Å². The molecule has 18 N–H and O–H groups in total. The van der Waals surface area contributed by atoms with E-state index in [2.05, 4.69) is 0 Å². The predicted octanol–water partition coefficient (Wildman–Crippen LogP) is -5.57. The van der Waals surface area contributed by atoms with Crippen LogP contribution in [0.5, 0.6) is 34.5 Å². The monoisotopic (exact) mass is 1230 g/mol. The number of benzene rings is 3. The molecule has 1 unspecified atom stereocenters. The SMILES string of the molecule is C[C@@H]1O[C@@H](Oc2cc(O)c3c(=O)c(O[C@@H]4O[C@H](CO[C@@H]5O[C@@H](C)[C@H](OC(=O)/C=C/c6ccc(O)cc6)[C@@H](O[C@@H]6O[C@H](CO)[C@@H](O)[C@H](O)[C@H]6O)[C@H]5O)[C@H](O)[C@H](O)[C@H]4O)c(-c4ccc(O)c(O)c4)oc3c2)[C@H](O)[C@H](O[C@@H]2O[C@H](CO)[C@@H](O)C(O)[C@H]2O)[C@H]1O. The summed E-state index contributed by atoms with van der Waals surface area (Å²) in [6, 6.07) is 10.6. The number of aromatic hydroxyl groups is 4. The third kappa shape index (κ3) is 13.2. The first-order valence-electron chi connectivity index (χ1n) is 26.8. The van der Waals surface area contributed by atoms with E-state index in [1.165, 1.54) is 44.2 Å². The number of fused-ring (bicyclic) bond motifs is 1. The Bertz CT molecular complexity index is 3050. The smallest absolute Gasteiger partial charge is 0.331 e. The topological polar surface area (TPSA) is 513 Å². The zero-order valence-electron chi connectivity index (χ0n) is 45.2. The average molecular weight is 1230 g/mol. The molecule has 0 bridgehead atoms. The third-order valence-electron chi connectivity index (χ3n) is 15.1. The van der Waals surface area contributed by atoms with Crippen LogP contribution in [0.1, 0.15) is 19.4 Å². The Kier molecular flexibility index (Phi) is 20.1. The summed E-state index contributed by atoms with van der Waals surface area (Å²) in [6.45, 7) is 0.120. The van der Waals surface area contributed by atoms with Crippen LogP contribution in [0.2, 0.25) is 0 Å². The molecule has 5 fully saturated rings. The van der Waals surface area contributed by atoms with Crippen LogP contribution in [0.15, 0.2) is 69.9 Å². The van der Waals surface area contributed by atoms with Crippen LogP contribution in [-0.4, -0.2) is 271 Å². The molecule has 474 valence electrons. The molecule has 32 heteroatoms. The molecule has 4 aromatic rings. The molecule has 0 spiro atoms. The Hall–Kier alpha value is -6.00. The van der Waals surface area contributed by atoms with E-state index in [0.717, 1.165) is 36.4 Å². The molecule has 0 aliphatic carbocycles. The lowest BCUT2D eigenvalue weighted by molar-refractivity contribution is -0.361. The van der Waals surface area contributed by atoms with Crippen LogP contribution >= 0.6 is 0 Å². The highest BCUT2D eigenvalue weighted by Crippen LogP contribution is 2.41. The zero-order chi connectivity index (χ0) is 62.3. The molecule has 6 heterocycles. The molecule has 25 atom stereocenters. The molecule has 1 aromatic heterocycles. The molecular weight excluding hydrogens is 1160 g/mol. The molecule has 5 saturated heterocycles. The summed E-state index contributed by atoms with van der Waals surface area (Å²) in [7, 11) is 0. The van der Waals surface area contributed by atoms with E-state index < -0.39 is 224 Å². The summed E-state index contributed by atoms with van der Waals surface area (Å²) in [6.07, 6.45) is -43.0. The summed E-state index contributed by atoms with van der Waals surface area (Å²) in [5, 5.41) is 191. The highest BCUT2D eigenvalue weighted by atomic mass is 16.8. The Morgan fingerprint density at radius 2 is 1.07 bits per heavy atom. The lowest BCUT2D eigenvalue weighted by atomic mass is 9.97.